The van der Waals surface area contributed by atoms with E-state index in [-0.39, 0.29) is 5.75 Å². The molecular weight excluding hydrogens is 200 g/mol. The van der Waals surface area contributed by atoms with Crippen molar-refractivity contribution in [2.24, 2.45) is 0 Å². The van der Waals surface area contributed by atoms with Crippen LogP contribution in [0.3, 0.4) is 0 Å². The van der Waals surface area contributed by atoms with Gasteiger partial charge in [0, 0.05) is 0 Å². The number of phenols is 1. The number of benzene rings is 1. The summed E-state index contributed by atoms with van der Waals surface area (Å²) in [5.74, 6) is 0.561. The molecule has 14 heavy (non-hydrogen) atoms. The van der Waals surface area contributed by atoms with E-state index in [2.05, 4.69) is 0 Å². The second kappa shape index (κ2) is 3.70. The molecule has 0 radical (unpaired) electrons. The van der Waals surface area contributed by atoms with Crippen LogP contribution < -0.4 is 4.74 Å². The molecule has 0 saturated heterocycles. The predicted molar refractivity (Wildman–Crippen MR) is 56.3 cm³/mol. The zero-order chi connectivity index (χ0) is 10.1. The van der Waals surface area contributed by atoms with Gasteiger partial charge >= 0.3 is 0 Å². The van der Waals surface area contributed by atoms with Crippen molar-refractivity contribution in [3.63, 3.8) is 0 Å². The van der Waals surface area contributed by atoms with E-state index < -0.39 is 0 Å². The third-order valence-corrected chi connectivity index (χ3v) is 3.12. The van der Waals surface area contributed by atoms with Gasteiger partial charge in [0.15, 0.2) is 11.5 Å². The molecule has 1 aliphatic rings. The Morgan fingerprint density at radius 1 is 1.36 bits per heavy atom. The average Bonchev–Trinajstić information content (AvgIpc) is 2.18. The summed E-state index contributed by atoms with van der Waals surface area (Å²) in [5.41, 5.74) is 2.31. The van der Waals surface area contributed by atoms with Crippen LogP contribution in [0.5, 0.6) is 11.5 Å². The summed E-state index contributed by atoms with van der Waals surface area (Å²) < 4.78 is 5.06. The van der Waals surface area contributed by atoms with E-state index in [1.54, 1.807) is 6.07 Å². The molecule has 0 aliphatic heterocycles. The highest BCUT2D eigenvalue weighted by Crippen LogP contribution is 2.41. The lowest BCUT2D eigenvalue weighted by atomic mass is 9.91. The van der Waals surface area contributed by atoms with Gasteiger partial charge in [0.2, 0.25) is 0 Å². The Bertz CT molecular complexity index is 361. The highest BCUT2D eigenvalue weighted by atomic mass is 35.5. The van der Waals surface area contributed by atoms with Crippen molar-refractivity contribution in [2.75, 3.05) is 7.11 Å². The summed E-state index contributed by atoms with van der Waals surface area (Å²) in [4.78, 5) is 0. The highest BCUT2D eigenvalue weighted by molar-refractivity contribution is 6.33. The lowest BCUT2D eigenvalue weighted by Crippen LogP contribution is -2.04. The average molecular weight is 213 g/mol. The lowest BCUT2D eigenvalue weighted by molar-refractivity contribution is 0.372. The summed E-state index contributed by atoms with van der Waals surface area (Å²) >= 11 is 6.15. The molecule has 0 amide bonds. The molecule has 0 bridgehead atoms. The first-order valence-electron chi connectivity index (χ1n) is 4.81. The first kappa shape index (κ1) is 9.66. The van der Waals surface area contributed by atoms with Crippen molar-refractivity contribution in [2.45, 2.75) is 25.7 Å². The van der Waals surface area contributed by atoms with Gasteiger partial charge in [-0.15, -0.1) is 0 Å². The molecule has 0 spiro atoms. The zero-order valence-electron chi connectivity index (χ0n) is 8.14. The second-order valence-electron chi connectivity index (χ2n) is 3.59. The van der Waals surface area contributed by atoms with Gasteiger partial charge in [-0.05, 0) is 42.9 Å². The molecule has 0 heterocycles. The SMILES string of the molecule is COc1c(O)cc2c(c1Cl)CCCC2. The van der Waals surface area contributed by atoms with Gasteiger partial charge in [-0.1, -0.05) is 11.6 Å². The fraction of sp³-hybridized carbons (Fsp3) is 0.455. The first-order valence-corrected chi connectivity index (χ1v) is 5.19. The van der Waals surface area contributed by atoms with Gasteiger partial charge in [0.05, 0.1) is 12.1 Å². The predicted octanol–water partition coefficient (Wildman–Crippen LogP) is 2.93. The number of phenolic OH excluding ortho intramolecular Hbond substituents is 1. The number of aryl methyl sites for hydroxylation is 1. The number of methoxy groups -OCH3 is 1. The van der Waals surface area contributed by atoms with Crippen molar-refractivity contribution in [1.82, 2.24) is 0 Å². The standard InChI is InChI=1S/C11H13ClO2/c1-14-11-9(13)6-7-4-2-3-5-8(7)10(11)12/h6,13H,2-5H2,1H3. The molecule has 0 fully saturated rings. The fourth-order valence-corrected chi connectivity index (χ4v) is 2.40. The van der Waals surface area contributed by atoms with Crippen molar-refractivity contribution in [3.8, 4) is 11.5 Å². The molecule has 3 heteroatoms. The molecule has 76 valence electrons. The third kappa shape index (κ3) is 1.44. The molecule has 0 aromatic heterocycles. The zero-order valence-corrected chi connectivity index (χ0v) is 8.90. The van der Waals surface area contributed by atoms with Crippen molar-refractivity contribution in [1.29, 1.82) is 0 Å². The number of halogens is 1. The second-order valence-corrected chi connectivity index (χ2v) is 3.97. The Hall–Kier alpha value is -0.890. The van der Waals surface area contributed by atoms with Crippen LogP contribution in [-0.2, 0) is 12.8 Å². The summed E-state index contributed by atoms with van der Waals surface area (Å²) in [6.45, 7) is 0. The first-order chi connectivity index (χ1) is 6.74. The van der Waals surface area contributed by atoms with Crippen molar-refractivity contribution >= 4 is 11.6 Å². The van der Waals surface area contributed by atoms with E-state index in [0.717, 1.165) is 18.4 Å². The van der Waals surface area contributed by atoms with Crippen LogP contribution in [0, 0.1) is 0 Å². The van der Waals surface area contributed by atoms with Crippen LogP contribution in [0.1, 0.15) is 24.0 Å². The van der Waals surface area contributed by atoms with E-state index in [0.29, 0.717) is 10.8 Å². The third-order valence-electron chi connectivity index (χ3n) is 2.72. The molecule has 1 aromatic carbocycles. The maximum Gasteiger partial charge on any atom is 0.179 e. The van der Waals surface area contributed by atoms with Crippen LogP contribution >= 0.6 is 11.6 Å². The fourth-order valence-electron chi connectivity index (χ4n) is 2.01. The molecule has 1 N–H and O–H groups in total. The molecule has 2 rings (SSSR count). The van der Waals surface area contributed by atoms with Crippen LogP contribution in [0.15, 0.2) is 6.07 Å². The monoisotopic (exact) mass is 212 g/mol. The van der Waals surface area contributed by atoms with Crippen LogP contribution in [0.25, 0.3) is 0 Å². The number of aromatic hydroxyl groups is 1. The molecule has 0 atom stereocenters. The topological polar surface area (TPSA) is 29.5 Å². The van der Waals surface area contributed by atoms with Gasteiger partial charge in [0.25, 0.3) is 0 Å². The summed E-state index contributed by atoms with van der Waals surface area (Å²) in [6, 6.07) is 1.78. The maximum absolute atomic E-state index is 9.64. The molecular formula is C11H13ClO2. The van der Waals surface area contributed by atoms with Crippen LogP contribution in [-0.4, -0.2) is 12.2 Å². The van der Waals surface area contributed by atoms with Gasteiger partial charge in [-0.25, -0.2) is 0 Å². The highest BCUT2D eigenvalue weighted by Gasteiger charge is 2.19. The minimum absolute atomic E-state index is 0.151. The number of rotatable bonds is 1. The Kier molecular flexibility index (Phi) is 2.55. The Morgan fingerprint density at radius 2 is 2.07 bits per heavy atom. The van der Waals surface area contributed by atoms with Crippen LogP contribution in [0.4, 0.5) is 0 Å². The van der Waals surface area contributed by atoms with Crippen LogP contribution in [0.2, 0.25) is 5.02 Å². The normalized spacial score (nSPS) is 15.0. The molecule has 0 unspecified atom stereocenters. The smallest absolute Gasteiger partial charge is 0.179 e. The van der Waals surface area contributed by atoms with E-state index in [1.165, 1.54) is 25.5 Å². The summed E-state index contributed by atoms with van der Waals surface area (Å²) in [6.07, 6.45) is 4.34. The lowest BCUT2D eigenvalue weighted by Gasteiger charge is -2.19. The van der Waals surface area contributed by atoms with E-state index in [1.807, 2.05) is 0 Å². The van der Waals surface area contributed by atoms with E-state index in [4.69, 9.17) is 16.3 Å². The maximum atomic E-state index is 9.64. The Morgan fingerprint density at radius 3 is 2.79 bits per heavy atom. The van der Waals surface area contributed by atoms with Gasteiger partial charge < -0.3 is 9.84 Å². The number of ether oxygens (including phenoxy) is 1. The Balaban J connectivity index is 2.57. The number of hydrogen-bond donors (Lipinski definition) is 1. The summed E-state index contributed by atoms with van der Waals surface area (Å²) in [7, 11) is 1.52. The molecule has 1 aromatic rings. The van der Waals surface area contributed by atoms with Crippen molar-refractivity contribution in [3.05, 3.63) is 22.2 Å². The van der Waals surface area contributed by atoms with E-state index >= 15 is 0 Å². The van der Waals surface area contributed by atoms with E-state index in [9.17, 15) is 5.11 Å². The molecule has 2 nitrogen and oxygen atoms in total. The molecule has 1 aliphatic carbocycles. The Labute approximate surface area is 88.5 Å². The summed E-state index contributed by atoms with van der Waals surface area (Å²) in [5, 5.41) is 10.2. The number of hydrogen-bond acceptors (Lipinski definition) is 2. The minimum atomic E-state index is 0.151. The number of fused-ring (bicyclic) bond motifs is 1. The quantitative estimate of drug-likeness (QED) is 0.776. The molecule has 0 saturated carbocycles. The van der Waals surface area contributed by atoms with Gasteiger partial charge in [-0.3, -0.25) is 0 Å². The van der Waals surface area contributed by atoms with Gasteiger partial charge in [0.1, 0.15) is 0 Å². The van der Waals surface area contributed by atoms with Gasteiger partial charge in [-0.2, -0.15) is 0 Å². The largest absolute Gasteiger partial charge is 0.504 e. The minimum Gasteiger partial charge on any atom is -0.504 e. The van der Waals surface area contributed by atoms with Crippen molar-refractivity contribution < 1.29 is 9.84 Å².